The average molecular weight is 373 g/mol. The number of rotatable bonds is 6. The van der Waals surface area contributed by atoms with Crippen LogP contribution in [0, 0.1) is 0 Å². The van der Waals surface area contributed by atoms with E-state index in [1.807, 2.05) is 6.92 Å². The summed E-state index contributed by atoms with van der Waals surface area (Å²) in [5.41, 5.74) is -0.169. The Balaban J connectivity index is 2.04. The van der Waals surface area contributed by atoms with Crippen LogP contribution >= 0.6 is 0 Å². The number of hydrogen-bond acceptors (Lipinski definition) is 4. The molecule has 0 atom stereocenters. The number of amides is 1. The number of hydrogen-bond donors (Lipinski definition) is 1. The van der Waals surface area contributed by atoms with Gasteiger partial charge in [0.25, 0.3) is 11.5 Å². The van der Waals surface area contributed by atoms with Gasteiger partial charge in [-0.2, -0.15) is 13.9 Å². The van der Waals surface area contributed by atoms with Crippen molar-refractivity contribution in [3.05, 3.63) is 64.6 Å². The van der Waals surface area contributed by atoms with Gasteiger partial charge in [0.05, 0.1) is 11.1 Å². The summed E-state index contributed by atoms with van der Waals surface area (Å²) in [6.07, 6.45) is 0.664. The highest BCUT2D eigenvalue weighted by Crippen LogP contribution is 2.26. The summed E-state index contributed by atoms with van der Waals surface area (Å²) < 4.78 is 30.8. The van der Waals surface area contributed by atoms with Gasteiger partial charge in [-0.25, -0.2) is 4.68 Å². The largest absolute Gasteiger partial charge is 0.433 e. The van der Waals surface area contributed by atoms with E-state index in [1.165, 1.54) is 22.9 Å². The molecule has 8 heteroatoms. The summed E-state index contributed by atoms with van der Waals surface area (Å²) in [6, 6.07) is 12.5. The monoisotopic (exact) mass is 373 g/mol. The van der Waals surface area contributed by atoms with Gasteiger partial charge in [0.2, 0.25) is 0 Å². The molecule has 3 rings (SSSR count). The lowest BCUT2D eigenvalue weighted by molar-refractivity contribution is -0.0493. The van der Waals surface area contributed by atoms with Crippen LogP contribution in [0.3, 0.4) is 0 Å². The molecule has 1 N–H and O–H groups in total. The lowest BCUT2D eigenvalue weighted by atomic mass is 10.1. The number of halogens is 2. The summed E-state index contributed by atoms with van der Waals surface area (Å²) in [7, 11) is 0. The molecular weight excluding hydrogens is 356 g/mol. The minimum absolute atomic E-state index is 0.0329. The van der Waals surface area contributed by atoms with Gasteiger partial charge in [0, 0.05) is 11.9 Å². The van der Waals surface area contributed by atoms with E-state index in [0.717, 1.165) is 0 Å². The van der Waals surface area contributed by atoms with Crippen molar-refractivity contribution in [1.82, 2.24) is 9.78 Å². The van der Waals surface area contributed by atoms with Crippen molar-refractivity contribution in [2.45, 2.75) is 26.5 Å². The molecule has 0 aliphatic rings. The molecular formula is C19H17F2N3O3. The zero-order valence-corrected chi connectivity index (χ0v) is 14.5. The van der Waals surface area contributed by atoms with Crippen molar-refractivity contribution in [3.63, 3.8) is 0 Å². The first kappa shape index (κ1) is 18.5. The third-order valence-electron chi connectivity index (χ3n) is 3.87. The van der Waals surface area contributed by atoms with Gasteiger partial charge in [0.1, 0.15) is 5.75 Å². The van der Waals surface area contributed by atoms with Gasteiger partial charge in [-0.1, -0.05) is 37.3 Å². The van der Waals surface area contributed by atoms with Gasteiger partial charge in [-0.15, -0.1) is 0 Å². The Morgan fingerprint density at radius 2 is 1.81 bits per heavy atom. The SMILES string of the molecule is CCCn1nc(C(=O)Nc2ccccc2OC(F)F)c2ccccc2c1=O. The van der Waals surface area contributed by atoms with Crippen LogP contribution in [-0.4, -0.2) is 22.3 Å². The molecule has 140 valence electrons. The fourth-order valence-corrected chi connectivity index (χ4v) is 2.72. The predicted octanol–water partition coefficient (Wildman–Crippen LogP) is 3.66. The molecule has 0 spiro atoms. The van der Waals surface area contributed by atoms with Crippen LogP contribution < -0.4 is 15.6 Å². The number of para-hydroxylation sites is 2. The molecule has 0 aliphatic heterocycles. The highest BCUT2D eigenvalue weighted by Gasteiger charge is 2.18. The van der Waals surface area contributed by atoms with Gasteiger partial charge in [0.15, 0.2) is 5.69 Å². The zero-order chi connectivity index (χ0) is 19.4. The second-order valence-electron chi connectivity index (χ2n) is 5.75. The molecule has 0 aliphatic carbocycles. The number of benzene rings is 2. The average Bonchev–Trinajstić information content (AvgIpc) is 2.65. The van der Waals surface area contributed by atoms with E-state index in [1.54, 1.807) is 30.3 Å². The lowest BCUT2D eigenvalue weighted by Gasteiger charge is -2.13. The second kappa shape index (κ2) is 7.94. The highest BCUT2D eigenvalue weighted by atomic mass is 19.3. The molecule has 0 unspecified atom stereocenters. The van der Waals surface area contributed by atoms with Crippen molar-refractivity contribution >= 4 is 22.4 Å². The Morgan fingerprint density at radius 1 is 1.15 bits per heavy atom. The Kier molecular flexibility index (Phi) is 5.44. The van der Waals surface area contributed by atoms with Crippen LogP contribution in [0.15, 0.2) is 53.3 Å². The molecule has 0 radical (unpaired) electrons. The van der Waals surface area contributed by atoms with Gasteiger partial charge in [-0.05, 0) is 24.6 Å². The lowest BCUT2D eigenvalue weighted by Crippen LogP contribution is -2.27. The molecule has 0 fully saturated rings. The predicted molar refractivity (Wildman–Crippen MR) is 97.3 cm³/mol. The molecule has 27 heavy (non-hydrogen) atoms. The number of alkyl halides is 2. The van der Waals surface area contributed by atoms with Crippen LogP contribution in [0.1, 0.15) is 23.8 Å². The minimum Gasteiger partial charge on any atom is -0.433 e. The molecule has 1 amide bonds. The Hall–Kier alpha value is -3.29. The van der Waals surface area contributed by atoms with Crippen LogP contribution in [0.5, 0.6) is 5.75 Å². The van der Waals surface area contributed by atoms with Crippen molar-refractivity contribution in [2.75, 3.05) is 5.32 Å². The fraction of sp³-hybridized carbons (Fsp3) is 0.211. The first-order chi connectivity index (χ1) is 13.0. The number of aromatic nitrogens is 2. The van der Waals surface area contributed by atoms with E-state index >= 15 is 0 Å². The quantitative estimate of drug-likeness (QED) is 0.716. The molecule has 3 aromatic rings. The summed E-state index contributed by atoms with van der Waals surface area (Å²) in [5.74, 6) is -0.784. The molecule has 1 aromatic heterocycles. The molecule has 6 nitrogen and oxygen atoms in total. The normalized spacial score (nSPS) is 11.0. The van der Waals surface area contributed by atoms with Crippen LogP contribution in [-0.2, 0) is 6.54 Å². The first-order valence-corrected chi connectivity index (χ1v) is 8.36. The highest BCUT2D eigenvalue weighted by molar-refractivity contribution is 6.11. The van der Waals surface area contributed by atoms with E-state index < -0.39 is 12.5 Å². The molecule has 2 aromatic carbocycles. The molecule has 1 heterocycles. The number of carbonyl (C=O) groups is 1. The maximum Gasteiger partial charge on any atom is 0.387 e. The first-order valence-electron chi connectivity index (χ1n) is 8.36. The van der Waals surface area contributed by atoms with E-state index in [9.17, 15) is 18.4 Å². The zero-order valence-electron chi connectivity index (χ0n) is 14.5. The maximum absolute atomic E-state index is 12.8. The van der Waals surface area contributed by atoms with Gasteiger partial charge < -0.3 is 10.1 Å². The minimum atomic E-state index is -3.02. The van der Waals surface area contributed by atoms with Crippen molar-refractivity contribution < 1.29 is 18.3 Å². The number of aryl methyl sites for hydroxylation is 1. The second-order valence-corrected chi connectivity index (χ2v) is 5.75. The Labute approximate surface area is 153 Å². The van der Waals surface area contributed by atoms with Gasteiger partial charge >= 0.3 is 6.61 Å². The van der Waals surface area contributed by atoms with Crippen LogP contribution in [0.25, 0.3) is 10.8 Å². The molecule has 0 bridgehead atoms. The number of anilines is 1. The van der Waals surface area contributed by atoms with Crippen LogP contribution in [0.4, 0.5) is 14.5 Å². The number of ether oxygens (including phenoxy) is 1. The number of fused-ring (bicyclic) bond motifs is 1. The Bertz CT molecular complexity index is 1030. The number of nitrogens with zero attached hydrogens (tertiary/aromatic N) is 2. The van der Waals surface area contributed by atoms with Crippen molar-refractivity contribution in [2.24, 2.45) is 0 Å². The van der Waals surface area contributed by atoms with E-state index in [4.69, 9.17) is 0 Å². The topological polar surface area (TPSA) is 73.2 Å². The summed E-state index contributed by atoms with van der Waals surface area (Å²) in [4.78, 5) is 25.3. The number of carbonyl (C=O) groups excluding carboxylic acids is 1. The molecule has 0 saturated heterocycles. The summed E-state index contributed by atoms with van der Waals surface area (Å²) in [6.45, 7) is -0.774. The van der Waals surface area contributed by atoms with Crippen LogP contribution in [0.2, 0.25) is 0 Å². The van der Waals surface area contributed by atoms with Crippen molar-refractivity contribution in [1.29, 1.82) is 0 Å². The van der Waals surface area contributed by atoms with Crippen molar-refractivity contribution in [3.8, 4) is 5.75 Å². The van der Waals surface area contributed by atoms with E-state index in [-0.39, 0.29) is 22.7 Å². The maximum atomic E-state index is 12.8. The summed E-state index contributed by atoms with van der Waals surface area (Å²) in [5, 5.41) is 7.47. The smallest absolute Gasteiger partial charge is 0.387 e. The van der Waals surface area contributed by atoms with E-state index in [2.05, 4.69) is 15.2 Å². The fourth-order valence-electron chi connectivity index (χ4n) is 2.72. The standard InChI is InChI=1S/C19H17F2N3O3/c1-2-11-24-18(26)13-8-4-3-7-12(13)16(23-24)17(25)22-14-9-5-6-10-15(14)27-19(20)21/h3-10,19H,2,11H2,1H3,(H,22,25). The third kappa shape index (κ3) is 3.94. The van der Waals surface area contributed by atoms with E-state index in [0.29, 0.717) is 23.7 Å². The summed E-state index contributed by atoms with van der Waals surface area (Å²) >= 11 is 0. The van der Waals surface area contributed by atoms with Gasteiger partial charge in [-0.3, -0.25) is 9.59 Å². The number of nitrogens with one attached hydrogen (secondary N) is 1. The third-order valence-corrected chi connectivity index (χ3v) is 3.87. The Morgan fingerprint density at radius 3 is 2.52 bits per heavy atom. The molecule has 0 saturated carbocycles.